The van der Waals surface area contributed by atoms with E-state index in [1.807, 2.05) is 20.1 Å². The van der Waals surface area contributed by atoms with Crippen LogP contribution in [0.2, 0.25) is 0 Å². The Morgan fingerprint density at radius 1 is 1.43 bits per heavy atom. The largest absolute Gasteiger partial charge is 0.285 e. The second-order valence-corrected chi connectivity index (χ2v) is 2.30. The summed E-state index contributed by atoms with van der Waals surface area (Å²) in [6, 6.07) is 0. The van der Waals surface area contributed by atoms with Crippen molar-refractivity contribution in [2.75, 3.05) is 6.54 Å². The zero-order valence-electron chi connectivity index (χ0n) is 8.72. The van der Waals surface area contributed by atoms with Gasteiger partial charge >= 0.3 is 0 Å². The maximum absolute atomic E-state index is 4.14. The summed E-state index contributed by atoms with van der Waals surface area (Å²) in [6.07, 6.45) is 7.22. The molecule has 0 spiro atoms. The highest BCUT2D eigenvalue weighted by atomic mass is 15.4. The minimum Gasteiger partial charge on any atom is -0.285 e. The van der Waals surface area contributed by atoms with Gasteiger partial charge in [-0.1, -0.05) is 13.5 Å². The zero-order valence-corrected chi connectivity index (χ0v) is 8.72. The van der Waals surface area contributed by atoms with Crippen molar-refractivity contribution in [3.63, 3.8) is 0 Å². The van der Waals surface area contributed by atoms with E-state index in [1.54, 1.807) is 11.3 Å². The summed E-state index contributed by atoms with van der Waals surface area (Å²) < 4.78 is 0. The van der Waals surface area contributed by atoms with E-state index in [0.717, 1.165) is 13.0 Å². The Hall–Kier alpha value is -1.65. The third kappa shape index (κ3) is 7.02. The molecule has 0 unspecified atom stereocenters. The van der Waals surface area contributed by atoms with Gasteiger partial charge < -0.3 is 0 Å². The minimum absolute atomic E-state index is 0.780. The Morgan fingerprint density at radius 2 is 2.21 bits per heavy atom. The number of aliphatic imine (C=N–C) groups is 1. The first-order valence-electron chi connectivity index (χ1n) is 4.55. The molecule has 0 aliphatic heterocycles. The molecule has 0 saturated heterocycles. The lowest BCUT2D eigenvalue weighted by Gasteiger charge is -2.07. The SMILES string of the molecule is C=CN/N=C\N=C/N(CC)/N=C\CC. The van der Waals surface area contributed by atoms with Gasteiger partial charge in [0.1, 0.15) is 12.7 Å². The lowest BCUT2D eigenvalue weighted by Crippen LogP contribution is -2.14. The van der Waals surface area contributed by atoms with Crippen LogP contribution < -0.4 is 5.43 Å². The molecule has 0 bridgehead atoms. The van der Waals surface area contributed by atoms with Crippen LogP contribution in [0.3, 0.4) is 0 Å². The molecule has 0 aromatic rings. The van der Waals surface area contributed by atoms with Crippen molar-refractivity contribution in [3.8, 4) is 0 Å². The number of nitrogens with one attached hydrogen (secondary N) is 1. The summed E-state index contributed by atoms with van der Waals surface area (Å²) >= 11 is 0. The first-order valence-corrected chi connectivity index (χ1v) is 4.55. The monoisotopic (exact) mass is 195 g/mol. The highest BCUT2D eigenvalue weighted by molar-refractivity contribution is 5.71. The van der Waals surface area contributed by atoms with Crippen LogP contribution >= 0.6 is 0 Å². The van der Waals surface area contributed by atoms with E-state index < -0.39 is 0 Å². The maximum atomic E-state index is 4.14. The lowest BCUT2D eigenvalue weighted by atomic mass is 10.5. The van der Waals surface area contributed by atoms with Gasteiger partial charge in [0.05, 0.1) is 0 Å². The van der Waals surface area contributed by atoms with Crippen molar-refractivity contribution in [2.45, 2.75) is 20.3 Å². The van der Waals surface area contributed by atoms with Crippen molar-refractivity contribution in [2.24, 2.45) is 15.2 Å². The third-order valence-electron chi connectivity index (χ3n) is 1.23. The molecule has 1 N–H and O–H groups in total. The molecule has 0 rings (SSSR count). The first kappa shape index (κ1) is 12.3. The van der Waals surface area contributed by atoms with Crippen LogP contribution in [-0.4, -0.2) is 30.4 Å². The van der Waals surface area contributed by atoms with E-state index in [-0.39, 0.29) is 0 Å². The summed E-state index contributed by atoms with van der Waals surface area (Å²) in [7, 11) is 0. The summed E-state index contributed by atoms with van der Waals surface area (Å²) in [6.45, 7) is 8.25. The number of hydrazone groups is 2. The predicted molar refractivity (Wildman–Crippen MR) is 61.5 cm³/mol. The highest BCUT2D eigenvalue weighted by Gasteiger charge is 1.87. The van der Waals surface area contributed by atoms with Gasteiger partial charge in [0, 0.05) is 19.0 Å². The molecule has 78 valence electrons. The molecule has 0 fully saturated rings. The Balaban J connectivity index is 3.90. The van der Waals surface area contributed by atoms with Crippen molar-refractivity contribution in [1.82, 2.24) is 10.4 Å². The first-order chi connectivity index (χ1) is 6.85. The molecule has 0 aliphatic carbocycles. The molecule has 0 atom stereocenters. The topological polar surface area (TPSA) is 52.4 Å². The van der Waals surface area contributed by atoms with Gasteiger partial charge in [0.25, 0.3) is 0 Å². The lowest BCUT2D eigenvalue weighted by molar-refractivity contribution is 0.487. The van der Waals surface area contributed by atoms with Crippen molar-refractivity contribution in [1.29, 1.82) is 0 Å². The number of hydrogen-bond donors (Lipinski definition) is 1. The fourth-order valence-electron chi connectivity index (χ4n) is 0.606. The summed E-state index contributed by atoms with van der Waals surface area (Å²) in [5, 5.41) is 9.57. The molecule has 14 heavy (non-hydrogen) atoms. The molecule has 5 heteroatoms. The molecular weight excluding hydrogens is 178 g/mol. The molecular formula is C9H17N5. The van der Waals surface area contributed by atoms with E-state index >= 15 is 0 Å². The van der Waals surface area contributed by atoms with E-state index in [9.17, 15) is 0 Å². The van der Waals surface area contributed by atoms with E-state index in [1.165, 1.54) is 12.5 Å². The van der Waals surface area contributed by atoms with Crippen LogP contribution in [-0.2, 0) is 0 Å². The van der Waals surface area contributed by atoms with Crippen molar-refractivity contribution < 1.29 is 0 Å². The number of nitrogens with zero attached hydrogens (tertiary/aromatic N) is 4. The summed E-state index contributed by atoms with van der Waals surface area (Å²) in [4.78, 5) is 3.92. The van der Waals surface area contributed by atoms with Crippen LogP contribution in [0.1, 0.15) is 20.3 Å². The van der Waals surface area contributed by atoms with Crippen LogP contribution in [0.5, 0.6) is 0 Å². The molecule has 0 aromatic heterocycles. The number of rotatable bonds is 7. The van der Waals surface area contributed by atoms with Crippen LogP contribution in [0.25, 0.3) is 0 Å². The van der Waals surface area contributed by atoms with Gasteiger partial charge in [-0.15, -0.1) is 0 Å². The van der Waals surface area contributed by atoms with Gasteiger partial charge in [0.15, 0.2) is 0 Å². The average Bonchev–Trinajstić information content (AvgIpc) is 2.22. The maximum Gasteiger partial charge on any atom is 0.137 e. The second kappa shape index (κ2) is 9.44. The predicted octanol–water partition coefficient (Wildman–Crippen LogP) is 1.41. The van der Waals surface area contributed by atoms with Gasteiger partial charge in [-0.3, -0.25) is 10.4 Å². The van der Waals surface area contributed by atoms with Crippen LogP contribution in [0.4, 0.5) is 0 Å². The normalized spacial score (nSPS) is 11.6. The van der Waals surface area contributed by atoms with E-state index in [0.29, 0.717) is 0 Å². The molecule has 0 aliphatic rings. The summed E-state index contributed by atoms with van der Waals surface area (Å²) in [5.41, 5.74) is 2.55. The highest BCUT2D eigenvalue weighted by Crippen LogP contribution is 1.83. The fraction of sp³-hybridized carbons (Fsp3) is 0.444. The Labute approximate surface area is 84.9 Å². The van der Waals surface area contributed by atoms with Crippen molar-refractivity contribution >= 4 is 18.9 Å². The van der Waals surface area contributed by atoms with Crippen LogP contribution in [0, 0.1) is 0 Å². The Bertz CT molecular complexity index is 219. The Kier molecular flexibility index (Phi) is 8.33. The second-order valence-electron chi connectivity index (χ2n) is 2.30. The smallest absolute Gasteiger partial charge is 0.137 e. The van der Waals surface area contributed by atoms with E-state index in [2.05, 4.69) is 27.2 Å². The molecule has 0 radical (unpaired) electrons. The molecule has 0 amide bonds. The molecule has 0 heterocycles. The van der Waals surface area contributed by atoms with Gasteiger partial charge in [-0.25, -0.2) is 4.99 Å². The average molecular weight is 195 g/mol. The van der Waals surface area contributed by atoms with Gasteiger partial charge in [0.2, 0.25) is 0 Å². The standard InChI is InChI=1S/C9H17N5/c1-4-7-13-14(6-3)9-10-8-12-11-5-2/h5,7-9,11H,2,4,6H2,1,3H3/b10-9-,12-8-,13-7-. The molecule has 5 nitrogen and oxygen atoms in total. The Morgan fingerprint density at radius 3 is 2.79 bits per heavy atom. The van der Waals surface area contributed by atoms with Crippen LogP contribution in [0.15, 0.2) is 28.0 Å². The van der Waals surface area contributed by atoms with Crippen molar-refractivity contribution in [3.05, 3.63) is 12.8 Å². The van der Waals surface area contributed by atoms with Gasteiger partial charge in [-0.05, 0) is 13.3 Å². The zero-order chi connectivity index (χ0) is 10.6. The molecule has 0 aromatic carbocycles. The quantitative estimate of drug-likeness (QED) is 0.379. The summed E-state index contributed by atoms with van der Waals surface area (Å²) in [5.74, 6) is 0. The fourth-order valence-corrected chi connectivity index (χ4v) is 0.606. The van der Waals surface area contributed by atoms with Gasteiger partial charge in [-0.2, -0.15) is 10.2 Å². The third-order valence-corrected chi connectivity index (χ3v) is 1.23. The molecule has 0 saturated carbocycles. The number of hydrogen-bond acceptors (Lipinski definition) is 3. The minimum atomic E-state index is 0.780. The van der Waals surface area contributed by atoms with E-state index in [4.69, 9.17) is 0 Å².